The third-order valence-electron chi connectivity index (χ3n) is 4.44. The molecule has 4 aromatic rings. The van der Waals surface area contributed by atoms with Crippen LogP contribution in [0.15, 0.2) is 58.4 Å². The molecule has 0 aliphatic carbocycles. The van der Waals surface area contributed by atoms with Crippen LogP contribution in [-0.4, -0.2) is 23.3 Å². The first-order valence-electron chi connectivity index (χ1n) is 9.01. The predicted octanol–water partition coefficient (Wildman–Crippen LogP) is 4.91. The number of carbonyl (C=O) groups is 1. The van der Waals surface area contributed by atoms with Gasteiger partial charge in [-0.25, -0.2) is 0 Å². The molecule has 29 heavy (non-hydrogen) atoms. The SMILES string of the molecule is COCc1cccc(-c2cc(COc3ccc4c(CC(=O)O)csc4c3)no2)c1. The van der Waals surface area contributed by atoms with E-state index in [4.69, 9.17) is 19.1 Å². The van der Waals surface area contributed by atoms with Crippen LogP contribution in [0.2, 0.25) is 0 Å². The highest BCUT2D eigenvalue weighted by atomic mass is 32.1. The molecule has 6 nitrogen and oxygen atoms in total. The molecule has 0 unspecified atom stereocenters. The molecule has 0 aliphatic rings. The summed E-state index contributed by atoms with van der Waals surface area (Å²) in [6.07, 6.45) is 0.0213. The third kappa shape index (κ3) is 4.47. The molecular weight excluding hydrogens is 390 g/mol. The number of hydrogen-bond acceptors (Lipinski definition) is 6. The minimum Gasteiger partial charge on any atom is -0.487 e. The van der Waals surface area contributed by atoms with Gasteiger partial charge in [-0.3, -0.25) is 4.79 Å². The van der Waals surface area contributed by atoms with Gasteiger partial charge in [0.15, 0.2) is 5.76 Å². The number of aliphatic carboxylic acids is 1. The van der Waals surface area contributed by atoms with E-state index in [0.717, 1.165) is 26.8 Å². The zero-order chi connectivity index (χ0) is 20.2. The second-order valence-electron chi connectivity index (χ2n) is 6.59. The lowest BCUT2D eigenvalue weighted by molar-refractivity contribution is -0.136. The Kier molecular flexibility index (Phi) is 5.59. The van der Waals surface area contributed by atoms with E-state index in [-0.39, 0.29) is 13.0 Å². The molecule has 7 heteroatoms. The Bertz CT molecular complexity index is 1150. The van der Waals surface area contributed by atoms with Crippen molar-refractivity contribution in [3.63, 3.8) is 0 Å². The predicted molar refractivity (Wildman–Crippen MR) is 110 cm³/mol. The Hall–Kier alpha value is -3.16. The van der Waals surface area contributed by atoms with E-state index in [2.05, 4.69) is 5.16 Å². The van der Waals surface area contributed by atoms with Gasteiger partial charge in [-0.2, -0.15) is 0 Å². The van der Waals surface area contributed by atoms with Crippen LogP contribution in [0.1, 0.15) is 16.8 Å². The first-order chi connectivity index (χ1) is 14.1. The van der Waals surface area contributed by atoms with Crippen LogP contribution in [0.5, 0.6) is 5.75 Å². The highest BCUT2D eigenvalue weighted by Gasteiger charge is 2.11. The summed E-state index contributed by atoms with van der Waals surface area (Å²) in [5.74, 6) is 0.543. The molecule has 1 N–H and O–H groups in total. The number of fused-ring (bicyclic) bond motifs is 1. The highest BCUT2D eigenvalue weighted by Crippen LogP contribution is 2.30. The number of benzene rings is 2. The summed E-state index contributed by atoms with van der Waals surface area (Å²) in [5.41, 5.74) is 3.51. The van der Waals surface area contributed by atoms with Crippen molar-refractivity contribution in [1.82, 2.24) is 5.16 Å². The second-order valence-corrected chi connectivity index (χ2v) is 7.51. The number of aromatic nitrogens is 1. The summed E-state index contributed by atoms with van der Waals surface area (Å²) >= 11 is 1.51. The van der Waals surface area contributed by atoms with Crippen LogP contribution in [0.25, 0.3) is 21.4 Å². The molecule has 0 saturated heterocycles. The maximum Gasteiger partial charge on any atom is 0.307 e. The van der Waals surface area contributed by atoms with Crippen LogP contribution in [0.4, 0.5) is 0 Å². The zero-order valence-electron chi connectivity index (χ0n) is 15.8. The van der Waals surface area contributed by atoms with Crippen LogP contribution >= 0.6 is 11.3 Å². The third-order valence-corrected chi connectivity index (χ3v) is 5.43. The zero-order valence-corrected chi connectivity index (χ0v) is 16.6. The lowest BCUT2D eigenvalue weighted by Gasteiger charge is -2.04. The smallest absolute Gasteiger partial charge is 0.307 e. The van der Waals surface area contributed by atoms with E-state index in [1.165, 1.54) is 11.3 Å². The molecule has 0 spiro atoms. The summed E-state index contributed by atoms with van der Waals surface area (Å²) in [7, 11) is 1.66. The van der Waals surface area contributed by atoms with Crippen LogP contribution < -0.4 is 4.74 Å². The molecule has 4 rings (SSSR count). The van der Waals surface area contributed by atoms with E-state index in [1.54, 1.807) is 7.11 Å². The van der Waals surface area contributed by atoms with Gasteiger partial charge in [-0.1, -0.05) is 23.4 Å². The minimum absolute atomic E-state index is 0.0213. The molecule has 0 aliphatic heterocycles. The van der Waals surface area contributed by atoms with Crippen molar-refractivity contribution in [3.05, 3.63) is 70.7 Å². The summed E-state index contributed by atoms with van der Waals surface area (Å²) in [5, 5.41) is 15.9. The van der Waals surface area contributed by atoms with Crippen LogP contribution in [0.3, 0.4) is 0 Å². The van der Waals surface area contributed by atoms with Gasteiger partial charge in [0.1, 0.15) is 18.1 Å². The maximum atomic E-state index is 11.0. The Labute approximate surface area is 171 Å². The first-order valence-corrected chi connectivity index (χ1v) is 9.89. The van der Waals surface area contributed by atoms with E-state index >= 15 is 0 Å². The molecule has 0 bridgehead atoms. The maximum absolute atomic E-state index is 11.0. The molecule has 0 radical (unpaired) electrons. The van der Waals surface area contributed by atoms with Crippen LogP contribution in [0, 0.1) is 0 Å². The average Bonchev–Trinajstić information content (AvgIpc) is 3.34. The minimum atomic E-state index is -0.834. The Morgan fingerprint density at radius 1 is 1.17 bits per heavy atom. The van der Waals surface area contributed by atoms with Crippen molar-refractivity contribution in [1.29, 1.82) is 0 Å². The van der Waals surface area contributed by atoms with Crippen LogP contribution in [-0.2, 0) is 29.2 Å². The second kappa shape index (κ2) is 8.46. The monoisotopic (exact) mass is 409 g/mol. The average molecular weight is 409 g/mol. The van der Waals surface area contributed by atoms with E-state index in [1.807, 2.05) is 53.9 Å². The van der Waals surface area contributed by atoms with Crippen molar-refractivity contribution in [2.24, 2.45) is 0 Å². The number of carboxylic acids is 1. The number of ether oxygens (including phenoxy) is 2. The Balaban J connectivity index is 1.44. The van der Waals surface area contributed by atoms with Crippen molar-refractivity contribution >= 4 is 27.4 Å². The fourth-order valence-corrected chi connectivity index (χ4v) is 4.10. The van der Waals surface area contributed by atoms with E-state index < -0.39 is 5.97 Å². The van der Waals surface area contributed by atoms with E-state index in [0.29, 0.717) is 23.8 Å². The number of rotatable bonds is 8. The number of carboxylic acid groups (broad SMARTS) is 1. The van der Waals surface area contributed by atoms with Gasteiger partial charge in [0.25, 0.3) is 0 Å². The summed E-state index contributed by atoms with van der Waals surface area (Å²) in [6.45, 7) is 0.817. The van der Waals surface area contributed by atoms with Gasteiger partial charge in [0, 0.05) is 23.4 Å². The standard InChI is InChI=1S/C22H19NO5S/c1-26-11-14-3-2-4-15(7-14)20-9-17(23-28-20)12-27-18-5-6-19-16(8-22(24)25)13-29-21(19)10-18/h2-7,9-10,13H,8,11-12H2,1H3,(H,24,25). The number of methoxy groups -OCH3 is 1. The molecule has 148 valence electrons. The molecule has 0 atom stereocenters. The largest absolute Gasteiger partial charge is 0.487 e. The Morgan fingerprint density at radius 2 is 2.07 bits per heavy atom. The summed E-state index contributed by atoms with van der Waals surface area (Å²) < 4.78 is 17.5. The highest BCUT2D eigenvalue weighted by molar-refractivity contribution is 7.17. The summed E-state index contributed by atoms with van der Waals surface area (Å²) in [6, 6.07) is 15.4. The molecule has 0 fully saturated rings. The van der Waals surface area contributed by atoms with Crippen molar-refractivity contribution < 1.29 is 23.9 Å². The van der Waals surface area contributed by atoms with Crippen molar-refractivity contribution in [2.45, 2.75) is 19.6 Å². The van der Waals surface area contributed by atoms with Gasteiger partial charge < -0.3 is 19.1 Å². The Morgan fingerprint density at radius 3 is 2.90 bits per heavy atom. The number of hydrogen-bond donors (Lipinski definition) is 1. The fraction of sp³-hybridized carbons (Fsp3) is 0.182. The fourth-order valence-electron chi connectivity index (χ4n) is 3.11. The van der Waals surface area contributed by atoms with Crippen molar-refractivity contribution in [3.8, 4) is 17.1 Å². The molecule has 0 saturated carbocycles. The first kappa shape index (κ1) is 19.2. The van der Waals surface area contributed by atoms with Gasteiger partial charge in [0.2, 0.25) is 0 Å². The topological polar surface area (TPSA) is 81.8 Å². The van der Waals surface area contributed by atoms with Gasteiger partial charge in [0.05, 0.1) is 13.0 Å². The van der Waals surface area contributed by atoms with E-state index in [9.17, 15) is 4.79 Å². The number of thiophene rings is 1. The van der Waals surface area contributed by atoms with Gasteiger partial charge in [-0.05, 0) is 46.2 Å². The molecule has 0 amide bonds. The summed E-state index contributed by atoms with van der Waals surface area (Å²) in [4.78, 5) is 11.0. The lowest BCUT2D eigenvalue weighted by Crippen LogP contribution is -1.98. The lowest BCUT2D eigenvalue weighted by atomic mass is 10.1. The number of nitrogens with zero attached hydrogens (tertiary/aromatic N) is 1. The molecule has 2 heterocycles. The quantitative estimate of drug-likeness (QED) is 0.445. The van der Waals surface area contributed by atoms with Crippen molar-refractivity contribution in [2.75, 3.05) is 7.11 Å². The van der Waals surface area contributed by atoms with Gasteiger partial charge in [-0.15, -0.1) is 11.3 Å². The molecule has 2 aromatic carbocycles. The molecule has 2 aromatic heterocycles. The van der Waals surface area contributed by atoms with Gasteiger partial charge >= 0.3 is 5.97 Å². The molecular formula is C22H19NO5S. The normalized spacial score (nSPS) is 11.1.